The second kappa shape index (κ2) is 9.39. The molecule has 0 amide bonds. The van der Waals surface area contributed by atoms with Gasteiger partial charge in [-0.25, -0.2) is 4.98 Å². The van der Waals surface area contributed by atoms with Gasteiger partial charge in [0.25, 0.3) is 0 Å². The van der Waals surface area contributed by atoms with Gasteiger partial charge in [0, 0.05) is 71.1 Å². The molecule has 4 heterocycles. The first-order valence-corrected chi connectivity index (χ1v) is 14.6. The van der Waals surface area contributed by atoms with Gasteiger partial charge in [0.05, 0.1) is 17.7 Å². The number of hydrogen-bond acceptors (Lipinski definition) is 5. The summed E-state index contributed by atoms with van der Waals surface area (Å²) in [5.74, 6) is 2.39. The van der Waals surface area contributed by atoms with Gasteiger partial charge < -0.3 is 19.0 Å². The van der Waals surface area contributed by atoms with E-state index in [9.17, 15) is 0 Å². The number of rotatable bonds is 4. The van der Waals surface area contributed by atoms with E-state index in [1.165, 1.54) is 5.56 Å². The molecule has 7 aromatic rings. The summed E-state index contributed by atoms with van der Waals surface area (Å²) < 4.78 is 15.1. The van der Waals surface area contributed by atoms with Crippen LogP contribution in [0.5, 0.6) is 11.5 Å². The number of pyridine rings is 1. The zero-order valence-corrected chi connectivity index (χ0v) is 24.7. The van der Waals surface area contributed by atoms with Gasteiger partial charge in [-0.1, -0.05) is 57.2 Å². The molecular weight excluding hydrogens is 532 g/mol. The highest BCUT2D eigenvalue weighted by atomic mass is 16.5. The molecule has 0 unspecified atom stereocenters. The number of para-hydroxylation sites is 2. The van der Waals surface area contributed by atoms with Crippen molar-refractivity contribution in [2.75, 3.05) is 18.6 Å². The molecule has 0 atom stereocenters. The van der Waals surface area contributed by atoms with Crippen LogP contribution in [-0.4, -0.2) is 28.2 Å². The predicted octanol–water partition coefficient (Wildman–Crippen LogP) is 9.35. The van der Waals surface area contributed by atoms with Crippen molar-refractivity contribution in [2.45, 2.75) is 26.2 Å². The lowest BCUT2D eigenvalue weighted by Gasteiger charge is -2.25. The van der Waals surface area contributed by atoms with Gasteiger partial charge in [0.1, 0.15) is 28.5 Å². The van der Waals surface area contributed by atoms with Crippen molar-refractivity contribution in [3.05, 3.63) is 115 Å². The van der Waals surface area contributed by atoms with Crippen LogP contribution in [0.25, 0.3) is 49.6 Å². The van der Waals surface area contributed by atoms with E-state index in [0.29, 0.717) is 0 Å². The summed E-state index contributed by atoms with van der Waals surface area (Å²) in [6, 6.07) is 31.4. The van der Waals surface area contributed by atoms with Crippen molar-refractivity contribution < 1.29 is 9.15 Å². The number of furan rings is 1. The Morgan fingerprint density at radius 2 is 1.51 bits per heavy atom. The van der Waals surface area contributed by atoms with E-state index in [2.05, 4.69) is 121 Å². The van der Waals surface area contributed by atoms with Crippen molar-refractivity contribution in [3.63, 3.8) is 0 Å². The normalized spacial score (nSPS) is 13.8. The molecule has 0 bridgehead atoms. The number of fused-ring (bicyclic) bond motifs is 6. The van der Waals surface area contributed by atoms with Crippen molar-refractivity contribution in [3.8, 4) is 17.3 Å². The maximum Gasteiger partial charge on any atom is 0.141 e. The molecule has 6 heteroatoms. The summed E-state index contributed by atoms with van der Waals surface area (Å²) in [6.07, 6.45) is 6.12. The molecule has 6 nitrogen and oxygen atoms in total. The molecule has 8 rings (SSSR count). The lowest BCUT2D eigenvalue weighted by molar-refractivity contribution is 0.477. The molecule has 1 aliphatic heterocycles. The van der Waals surface area contributed by atoms with E-state index in [0.717, 1.165) is 73.4 Å². The van der Waals surface area contributed by atoms with Crippen LogP contribution in [0.15, 0.2) is 114 Å². The molecule has 0 N–H and O–H groups in total. The first-order chi connectivity index (χ1) is 20.8. The second-order valence-electron chi connectivity index (χ2n) is 12.4. The summed E-state index contributed by atoms with van der Waals surface area (Å²) in [6.45, 7) is 7.51. The van der Waals surface area contributed by atoms with E-state index in [1.807, 2.05) is 30.5 Å². The molecule has 43 heavy (non-hydrogen) atoms. The number of hydrogen-bond donors (Lipinski definition) is 0. The molecule has 0 aliphatic carbocycles. The van der Waals surface area contributed by atoms with E-state index in [4.69, 9.17) is 14.1 Å². The van der Waals surface area contributed by atoms with Crippen LogP contribution in [0.4, 0.5) is 5.69 Å². The molecule has 0 fully saturated rings. The Hall–Kier alpha value is -5.23. The lowest BCUT2D eigenvalue weighted by atomic mass is 9.86. The zero-order valence-electron chi connectivity index (χ0n) is 24.7. The minimum absolute atomic E-state index is 0.0270. The largest absolute Gasteiger partial charge is 0.457 e. The van der Waals surface area contributed by atoms with Crippen LogP contribution >= 0.6 is 0 Å². The minimum Gasteiger partial charge on any atom is -0.457 e. The second-order valence-corrected chi connectivity index (χ2v) is 12.4. The average molecular weight is 565 g/mol. The summed E-state index contributed by atoms with van der Waals surface area (Å²) in [5, 5.41) is 4.39. The smallest absolute Gasteiger partial charge is 0.141 e. The van der Waals surface area contributed by atoms with Crippen molar-refractivity contribution >= 4 is 49.4 Å². The van der Waals surface area contributed by atoms with Crippen molar-refractivity contribution in [2.24, 2.45) is 0 Å². The Kier molecular flexibility index (Phi) is 5.57. The Morgan fingerprint density at radius 1 is 0.721 bits per heavy atom. The average Bonchev–Trinajstić information content (AvgIpc) is 3.69. The monoisotopic (exact) mass is 564 g/mol. The first kappa shape index (κ1) is 25.5. The highest BCUT2D eigenvalue weighted by Crippen LogP contribution is 2.38. The maximum atomic E-state index is 6.63. The minimum atomic E-state index is -0.0270. The standard InChI is InChI=1S/C37H32N4O2/c1-37(2,3)24-17-25(40-16-15-39(4)23-40)19-27(18-24)42-26-13-14-29-28-9-5-7-11-32(28)41(33(29)20-26)36-21-35-31(22-38-36)30-10-6-8-12-34(30)43-35/h5-22H,23H2,1-4H3. The van der Waals surface area contributed by atoms with Gasteiger partial charge in [-0.05, 0) is 47.4 Å². The molecule has 0 spiro atoms. The molecule has 4 aromatic carbocycles. The summed E-state index contributed by atoms with van der Waals surface area (Å²) >= 11 is 0. The number of aromatic nitrogens is 2. The van der Waals surface area contributed by atoms with Crippen molar-refractivity contribution in [1.82, 2.24) is 14.5 Å². The van der Waals surface area contributed by atoms with Gasteiger partial charge in [-0.2, -0.15) is 0 Å². The number of anilines is 1. The lowest BCUT2D eigenvalue weighted by Crippen LogP contribution is -2.22. The highest BCUT2D eigenvalue weighted by Gasteiger charge is 2.20. The summed E-state index contributed by atoms with van der Waals surface area (Å²) in [5.41, 5.74) is 6.10. The fourth-order valence-electron chi connectivity index (χ4n) is 6.07. The van der Waals surface area contributed by atoms with Gasteiger partial charge >= 0.3 is 0 Å². The maximum absolute atomic E-state index is 6.63. The Labute approximate surface area is 250 Å². The Morgan fingerprint density at radius 3 is 2.33 bits per heavy atom. The third kappa shape index (κ3) is 4.29. The fourth-order valence-corrected chi connectivity index (χ4v) is 6.07. The Balaban J connectivity index is 1.26. The third-order valence-electron chi connectivity index (χ3n) is 8.32. The highest BCUT2D eigenvalue weighted by molar-refractivity contribution is 6.10. The summed E-state index contributed by atoms with van der Waals surface area (Å²) in [4.78, 5) is 9.33. The fraction of sp³-hybridized carbons (Fsp3) is 0.162. The Bertz CT molecular complexity index is 2220. The van der Waals surface area contributed by atoms with E-state index < -0.39 is 0 Å². The van der Waals surface area contributed by atoms with Crippen LogP contribution in [0, 0.1) is 0 Å². The molecule has 0 saturated carbocycles. The van der Waals surface area contributed by atoms with Gasteiger partial charge in [0.2, 0.25) is 0 Å². The molecule has 1 aliphatic rings. The summed E-state index contributed by atoms with van der Waals surface area (Å²) in [7, 11) is 2.08. The molecular formula is C37H32N4O2. The van der Waals surface area contributed by atoms with Crippen LogP contribution in [0.3, 0.4) is 0 Å². The van der Waals surface area contributed by atoms with E-state index in [-0.39, 0.29) is 5.41 Å². The first-order valence-electron chi connectivity index (χ1n) is 14.6. The SMILES string of the molecule is CN1C=CN(c2cc(Oc3ccc4c5ccccc5n(-c5cc6oc7ccccc7c6cn5)c4c3)cc(C(C)(C)C)c2)C1. The van der Waals surface area contributed by atoms with E-state index in [1.54, 1.807) is 0 Å². The topological polar surface area (TPSA) is 46.7 Å². The zero-order chi connectivity index (χ0) is 29.3. The van der Waals surface area contributed by atoms with Crippen molar-refractivity contribution in [1.29, 1.82) is 0 Å². The van der Waals surface area contributed by atoms with Crippen LogP contribution in [0.1, 0.15) is 26.3 Å². The van der Waals surface area contributed by atoms with Crippen LogP contribution in [0.2, 0.25) is 0 Å². The van der Waals surface area contributed by atoms with Gasteiger partial charge in [0.15, 0.2) is 0 Å². The quantitative estimate of drug-likeness (QED) is 0.213. The third-order valence-corrected chi connectivity index (χ3v) is 8.32. The molecule has 3 aromatic heterocycles. The molecule has 0 saturated heterocycles. The van der Waals surface area contributed by atoms with Crippen LogP contribution < -0.4 is 9.64 Å². The van der Waals surface area contributed by atoms with Gasteiger partial charge in [-0.15, -0.1) is 0 Å². The number of benzene rings is 4. The predicted molar refractivity (Wildman–Crippen MR) is 175 cm³/mol. The number of ether oxygens (including phenoxy) is 1. The van der Waals surface area contributed by atoms with Gasteiger partial charge in [-0.3, -0.25) is 4.57 Å². The van der Waals surface area contributed by atoms with Crippen LogP contribution in [-0.2, 0) is 5.41 Å². The molecule has 0 radical (unpaired) electrons. The molecule has 212 valence electrons. The number of nitrogens with zero attached hydrogens (tertiary/aromatic N) is 4. The van der Waals surface area contributed by atoms with E-state index >= 15 is 0 Å².